The molecule has 0 aliphatic heterocycles. The second-order valence-corrected chi connectivity index (χ2v) is 13.9. The first-order valence-corrected chi connectivity index (χ1v) is 18.2. The van der Waals surface area contributed by atoms with Crippen LogP contribution in [-0.2, 0) is 0 Å². The van der Waals surface area contributed by atoms with E-state index in [0.717, 1.165) is 61.8 Å². The molecule has 0 atom stereocenters. The molecule has 0 saturated heterocycles. The zero-order valence-electron chi connectivity index (χ0n) is 28.0. The minimum absolute atomic E-state index is 0.701. The summed E-state index contributed by atoms with van der Waals surface area (Å²) in [6.45, 7) is 0. The molecule has 10 rings (SSSR count). The van der Waals surface area contributed by atoms with Crippen molar-refractivity contribution in [2.75, 3.05) is 0 Å². The molecule has 0 aliphatic carbocycles. The van der Waals surface area contributed by atoms with Gasteiger partial charge < -0.3 is 0 Å². The van der Waals surface area contributed by atoms with Gasteiger partial charge in [0, 0.05) is 48.1 Å². The maximum atomic E-state index is 5.26. The fourth-order valence-electron chi connectivity index (χ4n) is 7.18. The van der Waals surface area contributed by atoms with Crippen LogP contribution in [0.3, 0.4) is 0 Å². The minimum Gasteiger partial charge on any atom is -0.292 e. The quantitative estimate of drug-likeness (QED) is 0.175. The number of hydrogen-bond donors (Lipinski definition) is 0. The lowest BCUT2D eigenvalue weighted by Crippen LogP contribution is -1.97. The maximum absolute atomic E-state index is 5.26. The van der Waals surface area contributed by atoms with Crippen molar-refractivity contribution in [2.24, 2.45) is 0 Å². The highest BCUT2D eigenvalue weighted by Crippen LogP contribution is 2.42. The molecule has 0 aliphatic rings. The van der Waals surface area contributed by atoms with Crippen molar-refractivity contribution in [2.45, 2.75) is 0 Å². The van der Waals surface area contributed by atoms with E-state index in [1.54, 1.807) is 0 Å². The third-order valence-corrected chi connectivity index (χ3v) is 10.8. The van der Waals surface area contributed by atoms with Crippen molar-refractivity contribution in [1.82, 2.24) is 19.5 Å². The molecule has 4 nitrogen and oxygen atoms in total. The molecule has 0 spiro atoms. The highest BCUT2D eigenvalue weighted by atomic mass is 32.1. The van der Waals surface area contributed by atoms with Crippen LogP contribution in [0.25, 0.3) is 93.3 Å². The first kappa shape index (κ1) is 30.2. The third-order valence-electron chi connectivity index (χ3n) is 9.63. The van der Waals surface area contributed by atoms with E-state index in [4.69, 9.17) is 15.0 Å². The molecule has 10 aromatic rings. The predicted molar refractivity (Wildman–Crippen MR) is 217 cm³/mol. The number of hydrogen-bond acceptors (Lipinski definition) is 4. The van der Waals surface area contributed by atoms with Crippen LogP contribution in [0.4, 0.5) is 0 Å². The van der Waals surface area contributed by atoms with Crippen molar-refractivity contribution in [3.8, 4) is 62.1 Å². The molecule has 5 heteroatoms. The summed E-state index contributed by atoms with van der Waals surface area (Å²) in [5.74, 6) is 1.62. The molecule has 7 aromatic carbocycles. The maximum Gasteiger partial charge on any atom is 0.160 e. The Balaban J connectivity index is 1.18. The molecule has 0 amide bonds. The van der Waals surface area contributed by atoms with E-state index in [9.17, 15) is 0 Å². The summed E-state index contributed by atoms with van der Waals surface area (Å²) in [6.07, 6.45) is 0. The van der Waals surface area contributed by atoms with Crippen LogP contribution < -0.4 is 0 Å². The number of aromatic nitrogens is 4. The SMILES string of the molecule is c1ccc(-c2cccc(-c3cc(-c4cccc5sc6ccc(-c7nc8ccccc8n7-c7ccccc7)cc6c45)nc(-c4ccccc4)n3)c2)cc1. The Labute approximate surface area is 305 Å². The number of rotatable bonds is 6. The Morgan fingerprint density at radius 2 is 1.10 bits per heavy atom. The van der Waals surface area contributed by atoms with Crippen molar-refractivity contribution in [1.29, 1.82) is 0 Å². The van der Waals surface area contributed by atoms with Crippen LogP contribution in [0.5, 0.6) is 0 Å². The Morgan fingerprint density at radius 1 is 0.423 bits per heavy atom. The number of para-hydroxylation sites is 3. The third kappa shape index (κ3) is 5.27. The van der Waals surface area contributed by atoms with Gasteiger partial charge in [-0.15, -0.1) is 11.3 Å². The van der Waals surface area contributed by atoms with Gasteiger partial charge in [-0.25, -0.2) is 15.0 Å². The highest BCUT2D eigenvalue weighted by Gasteiger charge is 2.19. The van der Waals surface area contributed by atoms with E-state index >= 15 is 0 Å². The van der Waals surface area contributed by atoms with E-state index in [1.807, 2.05) is 41.7 Å². The van der Waals surface area contributed by atoms with Gasteiger partial charge >= 0.3 is 0 Å². The molecule has 0 N–H and O–H groups in total. The summed E-state index contributed by atoms with van der Waals surface area (Å²) in [4.78, 5) is 15.6. The van der Waals surface area contributed by atoms with E-state index in [0.29, 0.717) is 5.82 Å². The van der Waals surface area contributed by atoms with E-state index < -0.39 is 0 Å². The summed E-state index contributed by atoms with van der Waals surface area (Å²) >= 11 is 1.81. The summed E-state index contributed by atoms with van der Waals surface area (Å²) in [6, 6.07) is 63.7. The Bertz CT molecular complexity index is 2890. The van der Waals surface area contributed by atoms with Crippen LogP contribution >= 0.6 is 11.3 Å². The van der Waals surface area contributed by atoms with Gasteiger partial charge in [-0.3, -0.25) is 4.57 Å². The molecule has 0 fully saturated rings. The van der Waals surface area contributed by atoms with Crippen LogP contribution in [0.1, 0.15) is 0 Å². The molecule has 244 valence electrons. The standard InChI is InChI=1S/C47H30N4S/c1-4-14-31(15-5-1)33-18-12-19-34(28-33)40-30-41(49-46(48-40)32-16-6-2-7-17-32)37-22-13-25-44-45(37)38-29-35(26-27-43(38)52-44)47-50-39-23-10-11-24-42(39)51(47)36-20-8-3-9-21-36/h1-30H. The molecule has 0 radical (unpaired) electrons. The molecule has 0 saturated carbocycles. The molecular weight excluding hydrogens is 653 g/mol. The van der Waals surface area contributed by atoms with Crippen molar-refractivity contribution >= 4 is 42.5 Å². The lowest BCUT2D eigenvalue weighted by Gasteiger charge is -2.12. The summed E-state index contributed by atoms with van der Waals surface area (Å²) in [5.41, 5.74) is 11.4. The van der Waals surface area contributed by atoms with Gasteiger partial charge in [0.25, 0.3) is 0 Å². The van der Waals surface area contributed by atoms with Crippen LogP contribution in [0.2, 0.25) is 0 Å². The van der Waals surface area contributed by atoms with Crippen molar-refractivity contribution < 1.29 is 0 Å². The summed E-state index contributed by atoms with van der Waals surface area (Å²) in [5, 5.41) is 2.38. The van der Waals surface area contributed by atoms with Gasteiger partial charge in [0.05, 0.1) is 22.4 Å². The van der Waals surface area contributed by atoms with Gasteiger partial charge in [-0.05, 0) is 71.8 Å². The number of imidazole rings is 1. The first-order valence-electron chi connectivity index (χ1n) is 17.4. The fourth-order valence-corrected chi connectivity index (χ4v) is 8.29. The summed E-state index contributed by atoms with van der Waals surface area (Å²) in [7, 11) is 0. The second kappa shape index (κ2) is 12.6. The molecule has 3 heterocycles. The minimum atomic E-state index is 0.701. The van der Waals surface area contributed by atoms with Gasteiger partial charge in [0.15, 0.2) is 5.82 Å². The van der Waals surface area contributed by atoms with E-state index in [2.05, 4.69) is 156 Å². The molecular formula is C47H30N4S. The van der Waals surface area contributed by atoms with Crippen molar-refractivity contribution in [3.05, 3.63) is 182 Å². The molecule has 0 bridgehead atoms. The first-order chi connectivity index (χ1) is 25.8. The van der Waals surface area contributed by atoms with Gasteiger partial charge in [0.2, 0.25) is 0 Å². The van der Waals surface area contributed by atoms with E-state index in [1.165, 1.54) is 25.7 Å². The zero-order chi connectivity index (χ0) is 34.4. The Morgan fingerprint density at radius 3 is 1.92 bits per heavy atom. The number of thiophene rings is 1. The smallest absolute Gasteiger partial charge is 0.160 e. The lowest BCUT2D eigenvalue weighted by atomic mass is 9.99. The largest absolute Gasteiger partial charge is 0.292 e. The van der Waals surface area contributed by atoms with Crippen LogP contribution in [-0.4, -0.2) is 19.5 Å². The fraction of sp³-hybridized carbons (Fsp3) is 0. The van der Waals surface area contributed by atoms with Crippen LogP contribution in [0.15, 0.2) is 182 Å². The van der Waals surface area contributed by atoms with Crippen molar-refractivity contribution in [3.63, 3.8) is 0 Å². The zero-order valence-corrected chi connectivity index (χ0v) is 28.8. The summed E-state index contributed by atoms with van der Waals surface area (Å²) < 4.78 is 4.70. The monoisotopic (exact) mass is 682 g/mol. The number of benzene rings is 7. The second-order valence-electron chi connectivity index (χ2n) is 12.9. The highest BCUT2D eigenvalue weighted by molar-refractivity contribution is 7.26. The van der Waals surface area contributed by atoms with Gasteiger partial charge in [0.1, 0.15) is 5.82 Å². The Kier molecular flexibility index (Phi) is 7.29. The molecule has 52 heavy (non-hydrogen) atoms. The molecule has 3 aromatic heterocycles. The number of nitrogens with zero attached hydrogens (tertiary/aromatic N) is 4. The molecule has 0 unspecified atom stereocenters. The van der Waals surface area contributed by atoms with E-state index in [-0.39, 0.29) is 0 Å². The lowest BCUT2D eigenvalue weighted by molar-refractivity contribution is 1.10. The number of fused-ring (bicyclic) bond motifs is 4. The normalized spacial score (nSPS) is 11.5. The Hall–Kier alpha value is -6.69. The van der Waals surface area contributed by atoms with Gasteiger partial charge in [-0.1, -0.05) is 121 Å². The topological polar surface area (TPSA) is 43.6 Å². The average Bonchev–Trinajstić information content (AvgIpc) is 3.80. The average molecular weight is 683 g/mol. The van der Waals surface area contributed by atoms with Gasteiger partial charge in [-0.2, -0.15) is 0 Å². The predicted octanol–water partition coefficient (Wildman–Crippen LogP) is 12.5. The van der Waals surface area contributed by atoms with Crippen LogP contribution in [0, 0.1) is 0 Å².